The summed E-state index contributed by atoms with van der Waals surface area (Å²) in [4.78, 5) is 20.4. The summed E-state index contributed by atoms with van der Waals surface area (Å²) in [6.45, 7) is 0.755. The average Bonchev–Trinajstić information content (AvgIpc) is 2.01. The van der Waals surface area contributed by atoms with Crippen molar-refractivity contribution in [1.29, 1.82) is 0 Å². The van der Waals surface area contributed by atoms with Crippen molar-refractivity contribution in [2.45, 2.75) is 25.4 Å². The molecule has 0 aliphatic carbocycles. The first-order valence-electron chi connectivity index (χ1n) is 4.41. The fourth-order valence-electron chi connectivity index (χ4n) is 0.930. The van der Waals surface area contributed by atoms with E-state index in [0.29, 0.717) is 19.4 Å². The maximum Gasteiger partial charge on any atom is 0.306 e. The zero-order valence-electron chi connectivity index (χ0n) is 7.90. The quantitative estimate of drug-likeness (QED) is 0.366. The molecule has 6 nitrogen and oxygen atoms in total. The fraction of sp³-hybridized carbons (Fsp3) is 0.750. The van der Waals surface area contributed by atoms with Crippen LogP contribution in [0.25, 0.3) is 0 Å². The number of aliphatic hydroxyl groups excluding tert-OH is 1. The summed E-state index contributed by atoms with van der Waals surface area (Å²) < 4.78 is 0. The Labute approximate surface area is 82.1 Å². The molecule has 1 unspecified atom stereocenters. The highest BCUT2D eigenvalue weighted by molar-refractivity contribution is 5.73. The summed E-state index contributed by atoms with van der Waals surface area (Å²) >= 11 is 0. The van der Waals surface area contributed by atoms with Gasteiger partial charge in [-0.2, -0.15) is 0 Å². The van der Waals surface area contributed by atoms with Crippen molar-refractivity contribution < 1.29 is 19.8 Å². The van der Waals surface area contributed by atoms with E-state index in [4.69, 9.17) is 15.9 Å². The van der Waals surface area contributed by atoms with Gasteiger partial charge in [-0.05, 0) is 13.0 Å². The standard InChI is InChI=1S/C8H16N2O4/c9-7(12)2-1-3-10-5-6(11)4-8(13)14/h6,10-11H,1-5H2,(H2,9,12)(H,13,14). The predicted molar refractivity (Wildman–Crippen MR) is 49.6 cm³/mol. The van der Waals surface area contributed by atoms with Crippen LogP contribution in [0.5, 0.6) is 0 Å². The van der Waals surface area contributed by atoms with Crippen LogP contribution in [-0.2, 0) is 9.59 Å². The highest BCUT2D eigenvalue weighted by Gasteiger charge is 2.08. The lowest BCUT2D eigenvalue weighted by atomic mass is 10.2. The van der Waals surface area contributed by atoms with E-state index >= 15 is 0 Å². The highest BCUT2D eigenvalue weighted by atomic mass is 16.4. The number of hydrogen-bond donors (Lipinski definition) is 4. The number of amides is 1. The van der Waals surface area contributed by atoms with Crippen LogP contribution in [0.3, 0.4) is 0 Å². The molecule has 0 saturated carbocycles. The molecule has 0 fully saturated rings. The predicted octanol–water partition coefficient (Wildman–Crippen LogP) is -1.32. The Hall–Kier alpha value is -1.14. The van der Waals surface area contributed by atoms with Gasteiger partial charge in [-0.1, -0.05) is 0 Å². The molecule has 0 aromatic carbocycles. The molecule has 14 heavy (non-hydrogen) atoms. The normalized spacial score (nSPS) is 12.4. The van der Waals surface area contributed by atoms with Gasteiger partial charge in [-0.3, -0.25) is 9.59 Å². The number of primary amides is 1. The molecule has 0 rings (SSSR count). The van der Waals surface area contributed by atoms with Gasteiger partial charge in [0.15, 0.2) is 0 Å². The van der Waals surface area contributed by atoms with Gasteiger partial charge in [0, 0.05) is 13.0 Å². The number of carbonyl (C=O) groups excluding carboxylic acids is 1. The summed E-state index contributed by atoms with van der Waals surface area (Å²) in [6, 6.07) is 0. The second-order valence-corrected chi connectivity index (χ2v) is 3.03. The summed E-state index contributed by atoms with van der Waals surface area (Å²) in [7, 11) is 0. The molecule has 0 spiro atoms. The average molecular weight is 204 g/mol. The molecular weight excluding hydrogens is 188 g/mol. The Morgan fingerprint density at radius 1 is 1.43 bits per heavy atom. The minimum absolute atomic E-state index is 0.213. The molecule has 0 aromatic heterocycles. The number of nitrogens with two attached hydrogens (primary N) is 1. The van der Waals surface area contributed by atoms with E-state index in [9.17, 15) is 9.59 Å². The number of aliphatic hydroxyl groups is 1. The van der Waals surface area contributed by atoms with E-state index in [1.54, 1.807) is 0 Å². The molecule has 0 heterocycles. The Kier molecular flexibility index (Phi) is 6.69. The van der Waals surface area contributed by atoms with Crippen molar-refractivity contribution in [3.8, 4) is 0 Å². The second kappa shape index (κ2) is 7.28. The van der Waals surface area contributed by atoms with E-state index in [0.717, 1.165) is 0 Å². The molecular formula is C8H16N2O4. The fourth-order valence-corrected chi connectivity index (χ4v) is 0.930. The maximum atomic E-state index is 10.3. The summed E-state index contributed by atoms with van der Waals surface area (Å²) in [6.07, 6.45) is -0.277. The van der Waals surface area contributed by atoms with Crippen molar-refractivity contribution >= 4 is 11.9 Å². The second-order valence-electron chi connectivity index (χ2n) is 3.03. The zero-order valence-corrected chi connectivity index (χ0v) is 7.90. The van der Waals surface area contributed by atoms with Crippen LogP contribution in [0.4, 0.5) is 0 Å². The Morgan fingerprint density at radius 2 is 2.07 bits per heavy atom. The molecule has 6 heteroatoms. The van der Waals surface area contributed by atoms with Crippen LogP contribution in [0.15, 0.2) is 0 Å². The van der Waals surface area contributed by atoms with Gasteiger partial charge < -0.3 is 21.3 Å². The van der Waals surface area contributed by atoms with E-state index in [1.165, 1.54) is 0 Å². The van der Waals surface area contributed by atoms with Crippen molar-refractivity contribution in [2.75, 3.05) is 13.1 Å². The van der Waals surface area contributed by atoms with Crippen molar-refractivity contribution in [3.63, 3.8) is 0 Å². The SMILES string of the molecule is NC(=O)CCCNCC(O)CC(=O)O. The first-order chi connectivity index (χ1) is 6.52. The third kappa shape index (κ3) is 8.95. The van der Waals surface area contributed by atoms with Gasteiger partial charge in [-0.25, -0.2) is 0 Å². The van der Waals surface area contributed by atoms with Crippen LogP contribution >= 0.6 is 0 Å². The molecule has 0 bridgehead atoms. The van der Waals surface area contributed by atoms with Gasteiger partial charge in [0.2, 0.25) is 5.91 Å². The monoisotopic (exact) mass is 204 g/mol. The van der Waals surface area contributed by atoms with Crippen LogP contribution < -0.4 is 11.1 Å². The molecule has 0 radical (unpaired) electrons. The Balaban J connectivity index is 3.27. The Morgan fingerprint density at radius 3 is 2.57 bits per heavy atom. The molecule has 0 aliphatic rings. The van der Waals surface area contributed by atoms with Crippen LogP contribution in [0, 0.1) is 0 Å². The third-order valence-corrected chi connectivity index (χ3v) is 1.57. The summed E-state index contributed by atoms with van der Waals surface area (Å²) in [5.74, 6) is -1.39. The van der Waals surface area contributed by atoms with Crippen molar-refractivity contribution in [3.05, 3.63) is 0 Å². The van der Waals surface area contributed by atoms with Gasteiger partial charge in [-0.15, -0.1) is 0 Å². The lowest BCUT2D eigenvalue weighted by molar-refractivity contribution is -0.139. The number of aliphatic carboxylic acids is 1. The molecule has 1 atom stereocenters. The van der Waals surface area contributed by atoms with Crippen molar-refractivity contribution in [2.24, 2.45) is 5.73 Å². The number of carboxylic acids is 1. The minimum Gasteiger partial charge on any atom is -0.481 e. The van der Waals surface area contributed by atoms with E-state index < -0.39 is 12.1 Å². The zero-order chi connectivity index (χ0) is 11.0. The van der Waals surface area contributed by atoms with Gasteiger partial charge in [0.25, 0.3) is 0 Å². The first-order valence-corrected chi connectivity index (χ1v) is 4.41. The van der Waals surface area contributed by atoms with Crippen molar-refractivity contribution in [1.82, 2.24) is 5.32 Å². The van der Waals surface area contributed by atoms with Gasteiger partial charge in [0.1, 0.15) is 0 Å². The highest BCUT2D eigenvalue weighted by Crippen LogP contribution is 1.90. The van der Waals surface area contributed by atoms with E-state index in [-0.39, 0.29) is 18.9 Å². The Bertz CT molecular complexity index is 196. The van der Waals surface area contributed by atoms with Crippen LogP contribution in [-0.4, -0.2) is 41.3 Å². The van der Waals surface area contributed by atoms with Crippen LogP contribution in [0.2, 0.25) is 0 Å². The van der Waals surface area contributed by atoms with E-state index in [1.807, 2.05) is 0 Å². The molecule has 82 valence electrons. The number of hydrogen-bond acceptors (Lipinski definition) is 4. The molecule has 0 saturated heterocycles. The summed E-state index contributed by atoms with van der Waals surface area (Å²) in [5, 5.41) is 20.2. The number of nitrogens with one attached hydrogen (secondary N) is 1. The maximum absolute atomic E-state index is 10.3. The molecule has 5 N–H and O–H groups in total. The number of carboxylic acid groups (broad SMARTS) is 1. The van der Waals surface area contributed by atoms with Crippen LogP contribution in [0.1, 0.15) is 19.3 Å². The number of carbonyl (C=O) groups is 2. The molecule has 0 aromatic rings. The minimum atomic E-state index is -1.03. The smallest absolute Gasteiger partial charge is 0.306 e. The first kappa shape index (κ1) is 12.9. The topological polar surface area (TPSA) is 113 Å². The molecule has 1 amide bonds. The number of rotatable bonds is 8. The largest absolute Gasteiger partial charge is 0.481 e. The lowest BCUT2D eigenvalue weighted by Gasteiger charge is -2.08. The van der Waals surface area contributed by atoms with Gasteiger partial charge >= 0.3 is 5.97 Å². The lowest BCUT2D eigenvalue weighted by Crippen LogP contribution is -2.29. The molecule has 0 aliphatic heterocycles. The third-order valence-electron chi connectivity index (χ3n) is 1.57. The van der Waals surface area contributed by atoms with Gasteiger partial charge in [0.05, 0.1) is 12.5 Å². The summed E-state index contributed by atoms with van der Waals surface area (Å²) in [5.41, 5.74) is 4.91. The van der Waals surface area contributed by atoms with E-state index in [2.05, 4.69) is 5.32 Å².